The van der Waals surface area contributed by atoms with Crippen LogP contribution in [0.25, 0.3) is 5.69 Å². The normalized spacial score (nSPS) is 10.3. The van der Waals surface area contributed by atoms with Crippen LogP contribution in [-0.4, -0.2) is 0 Å². The smallest absolute Gasteiger partial charge is 0.167 e. The Hall–Kier alpha value is -1.63. The molecule has 0 aliphatic heterocycles. The molecule has 0 radical (unpaired) electrons. The van der Waals surface area contributed by atoms with Crippen LogP contribution in [0.4, 0.5) is 0 Å². The second kappa shape index (κ2) is 5.45. The van der Waals surface area contributed by atoms with Gasteiger partial charge in [-0.15, -0.1) is 0 Å². The number of nitrogens with zero attached hydrogens (tertiary/aromatic N) is 1. The van der Waals surface area contributed by atoms with Crippen molar-refractivity contribution >= 4 is 0 Å². The van der Waals surface area contributed by atoms with E-state index in [1.165, 1.54) is 30.5 Å². The monoisotopic (exact) mass is 212 g/mol. The van der Waals surface area contributed by atoms with Crippen LogP contribution >= 0.6 is 0 Å². The Labute approximate surface area is 97.4 Å². The summed E-state index contributed by atoms with van der Waals surface area (Å²) in [6, 6.07) is 14.8. The van der Waals surface area contributed by atoms with E-state index in [1.807, 2.05) is 6.07 Å². The van der Waals surface area contributed by atoms with E-state index >= 15 is 0 Å². The highest BCUT2D eigenvalue weighted by Gasteiger charge is 2.03. The van der Waals surface area contributed by atoms with Gasteiger partial charge in [-0.1, -0.05) is 31.5 Å². The molecule has 2 aromatic rings. The number of hydrogen-bond acceptors (Lipinski definition) is 0. The average molecular weight is 212 g/mol. The van der Waals surface area contributed by atoms with Gasteiger partial charge < -0.3 is 0 Å². The fraction of sp³-hybridized carbons (Fsp3) is 0.267. The van der Waals surface area contributed by atoms with E-state index in [2.05, 4.69) is 60.3 Å². The number of hydrogen-bond donors (Lipinski definition) is 0. The van der Waals surface area contributed by atoms with Gasteiger partial charge in [-0.2, -0.15) is 4.57 Å². The molecular weight excluding hydrogens is 194 g/mol. The van der Waals surface area contributed by atoms with E-state index in [4.69, 9.17) is 0 Å². The molecule has 0 aliphatic rings. The van der Waals surface area contributed by atoms with Crippen molar-refractivity contribution in [1.82, 2.24) is 0 Å². The summed E-state index contributed by atoms with van der Waals surface area (Å²) in [6.45, 7) is 2.23. The topological polar surface area (TPSA) is 3.88 Å². The maximum absolute atomic E-state index is 2.23. The minimum Gasteiger partial charge on any atom is -0.167 e. The molecule has 0 atom stereocenters. The van der Waals surface area contributed by atoms with Gasteiger partial charge in [-0.05, 0) is 18.4 Å². The molecular formula is C15H18N+. The first-order valence-corrected chi connectivity index (χ1v) is 5.96. The number of benzene rings is 1. The van der Waals surface area contributed by atoms with Gasteiger partial charge in [0.05, 0.1) is 0 Å². The van der Waals surface area contributed by atoms with Gasteiger partial charge in [-0.25, -0.2) is 0 Å². The van der Waals surface area contributed by atoms with Crippen molar-refractivity contribution in [2.75, 3.05) is 0 Å². The van der Waals surface area contributed by atoms with Crippen LogP contribution in [0.1, 0.15) is 25.3 Å². The van der Waals surface area contributed by atoms with Gasteiger partial charge in [0.15, 0.2) is 12.4 Å². The van der Waals surface area contributed by atoms with E-state index in [1.54, 1.807) is 0 Å². The van der Waals surface area contributed by atoms with Crippen LogP contribution in [0.15, 0.2) is 54.9 Å². The molecule has 0 fully saturated rings. The first-order valence-electron chi connectivity index (χ1n) is 5.96. The highest BCUT2D eigenvalue weighted by Crippen LogP contribution is 2.04. The van der Waals surface area contributed by atoms with Gasteiger partial charge in [0.25, 0.3) is 0 Å². The summed E-state index contributed by atoms with van der Waals surface area (Å²) in [7, 11) is 0. The molecule has 16 heavy (non-hydrogen) atoms. The molecule has 1 heterocycles. The number of aryl methyl sites for hydroxylation is 1. The van der Waals surface area contributed by atoms with Crippen molar-refractivity contribution in [3.63, 3.8) is 0 Å². The van der Waals surface area contributed by atoms with E-state index < -0.39 is 0 Å². The van der Waals surface area contributed by atoms with Crippen LogP contribution in [0.2, 0.25) is 0 Å². The third kappa shape index (κ3) is 2.69. The maximum Gasteiger partial charge on any atom is 0.210 e. The van der Waals surface area contributed by atoms with Gasteiger partial charge in [-0.3, -0.25) is 0 Å². The van der Waals surface area contributed by atoms with Crippen LogP contribution in [0, 0.1) is 0 Å². The molecule has 82 valence electrons. The van der Waals surface area contributed by atoms with Crippen molar-refractivity contribution < 1.29 is 4.57 Å². The van der Waals surface area contributed by atoms with Crippen LogP contribution in [0.3, 0.4) is 0 Å². The summed E-state index contributed by atoms with van der Waals surface area (Å²) < 4.78 is 2.15. The molecule has 1 nitrogen and oxygen atoms in total. The Balaban J connectivity index is 2.13. The molecule has 0 aliphatic carbocycles. The average Bonchev–Trinajstić information content (AvgIpc) is 2.38. The fourth-order valence-corrected chi connectivity index (χ4v) is 1.78. The predicted octanol–water partition coefficient (Wildman–Crippen LogP) is 3.31. The Kier molecular flexibility index (Phi) is 3.71. The van der Waals surface area contributed by atoms with E-state index in [0.29, 0.717) is 0 Å². The van der Waals surface area contributed by atoms with E-state index in [9.17, 15) is 0 Å². The molecule has 0 unspecified atom stereocenters. The first-order chi connectivity index (χ1) is 7.90. The second-order valence-electron chi connectivity index (χ2n) is 4.05. The molecule has 0 saturated carbocycles. The standard InChI is InChI=1S/C15H18N/c1-2-3-7-14-10-12-16(13-11-14)15-8-5-4-6-9-15/h4-6,8-13H,2-3,7H2,1H3/q+1. The lowest BCUT2D eigenvalue weighted by molar-refractivity contribution is -0.595. The SMILES string of the molecule is CCCCc1cc[n+](-c2ccccc2)cc1. The lowest BCUT2D eigenvalue weighted by atomic mass is 10.1. The Bertz CT molecular complexity index is 417. The Morgan fingerprint density at radius 3 is 2.25 bits per heavy atom. The van der Waals surface area contributed by atoms with E-state index in [0.717, 1.165) is 0 Å². The molecule has 0 saturated heterocycles. The summed E-state index contributed by atoms with van der Waals surface area (Å²) in [5, 5.41) is 0. The number of para-hydroxylation sites is 1. The number of rotatable bonds is 4. The van der Waals surface area contributed by atoms with Crippen LogP contribution in [-0.2, 0) is 6.42 Å². The van der Waals surface area contributed by atoms with Gasteiger partial charge in [0.2, 0.25) is 5.69 Å². The Morgan fingerprint density at radius 1 is 0.938 bits per heavy atom. The third-order valence-electron chi connectivity index (χ3n) is 2.77. The van der Waals surface area contributed by atoms with Gasteiger partial charge >= 0.3 is 0 Å². The van der Waals surface area contributed by atoms with Crippen molar-refractivity contribution in [2.45, 2.75) is 26.2 Å². The second-order valence-corrected chi connectivity index (χ2v) is 4.05. The summed E-state index contributed by atoms with van der Waals surface area (Å²) >= 11 is 0. The largest absolute Gasteiger partial charge is 0.210 e. The minimum absolute atomic E-state index is 1.19. The molecule has 0 amide bonds. The number of pyridine rings is 1. The molecule has 0 bridgehead atoms. The zero-order valence-electron chi connectivity index (χ0n) is 9.76. The summed E-state index contributed by atoms with van der Waals surface area (Å²) in [5.74, 6) is 0. The highest BCUT2D eigenvalue weighted by atomic mass is 14.9. The lowest BCUT2D eigenvalue weighted by Gasteiger charge is -1.99. The lowest BCUT2D eigenvalue weighted by Crippen LogP contribution is -2.29. The molecule has 0 spiro atoms. The van der Waals surface area contributed by atoms with Gasteiger partial charge in [0.1, 0.15) is 0 Å². The number of aromatic nitrogens is 1. The zero-order chi connectivity index (χ0) is 11.2. The molecule has 1 aromatic heterocycles. The third-order valence-corrected chi connectivity index (χ3v) is 2.77. The maximum atomic E-state index is 2.23. The van der Waals surface area contributed by atoms with Crippen molar-refractivity contribution in [3.8, 4) is 5.69 Å². The van der Waals surface area contributed by atoms with Crippen LogP contribution in [0.5, 0.6) is 0 Å². The van der Waals surface area contributed by atoms with Crippen molar-refractivity contribution in [1.29, 1.82) is 0 Å². The minimum atomic E-state index is 1.19. The molecule has 2 rings (SSSR count). The summed E-state index contributed by atoms with van der Waals surface area (Å²) in [6.07, 6.45) is 8.00. The zero-order valence-corrected chi connectivity index (χ0v) is 9.76. The summed E-state index contributed by atoms with van der Waals surface area (Å²) in [5.41, 5.74) is 2.64. The van der Waals surface area contributed by atoms with E-state index in [-0.39, 0.29) is 0 Å². The summed E-state index contributed by atoms with van der Waals surface area (Å²) in [4.78, 5) is 0. The van der Waals surface area contributed by atoms with Crippen LogP contribution < -0.4 is 4.57 Å². The fourth-order valence-electron chi connectivity index (χ4n) is 1.78. The quantitative estimate of drug-likeness (QED) is 0.685. The van der Waals surface area contributed by atoms with Crippen molar-refractivity contribution in [3.05, 3.63) is 60.4 Å². The molecule has 0 N–H and O–H groups in total. The predicted molar refractivity (Wildman–Crippen MR) is 66.6 cm³/mol. The molecule has 1 heteroatoms. The highest BCUT2D eigenvalue weighted by molar-refractivity contribution is 5.21. The van der Waals surface area contributed by atoms with Gasteiger partial charge in [0, 0.05) is 24.3 Å². The number of unbranched alkanes of at least 4 members (excludes halogenated alkanes) is 1. The molecule has 1 aromatic carbocycles. The Morgan fingerprint density at radius 2 is 1.62 bits per heavy atom. The first kappa shape index (κ1) is 10.9. The van der Waals surface area contributed by atoms with Crippen molar-refractivity contribution in [2.24, 2.45) is 0 Å².